The van der Waals surface area contributed by atoms with Crippen LogP contribution in [0.5, 0.6) is 5.75 Å². The number of ether oxygens (including phenoxy) is 1. The number of nitrogens with one attached hydrogen (secondary N) is 4. The highest BCUT2D eigenvalue weighted by Gasteiger charge is 2.35. The molecule has 6 rings (SSSR count). The minimum absolute atomic E-state index is 0.142. The number of hydrogen-bond acceptors (Lipinski definition) is 10. The molecule has 2 aromatic carbocycles. The zero-order chi connectivity index (χ0) is 37.7. The van der Waals surface area contributed by atoms with Crippen molar-refractivity contribution in [2.24, 2.45) is 0 Å². The summed E-state index contributed by atoms with van der Waals surface area (Å²) in [6.45, 7) is 2.54. The summed E-state index contributed by atoms with van der Waals surface area (Å²) in [6, 6.07) is 15.0. The Labute approximate surface area is 304 Å². The molecule has 2 saturated heterocycles. The number of pyridine rings is 2. The highest BCUT2D eigenvalue weighted by Crippen LogP contribution is 2.39. The van der Waals surface area contributed by atoms with Gasteiger partial charge in [-0.15, -0.1) is 0 Å². The molecule has 2 aliphatic heterocycles. The topological polar surface area (TPSA) is 144 Å². The molecule has 53 heavy (non-hydrogen) atoms. The maximum atomic E-state index is 14.0. The number of aromatic nitrogens is 2. The van der Waals surface area contributed by atoms with E-state index in [0.29, 0.717) is 36.3 Å². The molecule has 4 heterocycles. The molecule has 0 bridgehead atoms. The van der Waals surface area contributed by atoms with Gasteiger partial charge in [0.1, 0.15) is 11.6 Å². The summed E-state index contributed by atoms with van der Waals surface area (Å²) < 4.78 is 47.7. The van der Waals surface area contributed by atoms with Crippen molar-refractivity contribution in [3.05, 3.63) is 89.9 Å². The first-order chi connectivity index (χ1) is 25.4. The number of benzene rings is 2. The van der Waals surface area contributed by atoms with Crippen molar-refractivity contribution in [2.75, 3.05) is 61.3 Å². The Morgan fingerprint density at radius 3 is 2.45 bits per heavy atom. The maximum absolute atomic E-state index is 14.0. The molecular weight excluding hydrogens is 691 g/mol. The summed E-state index contributed by atoms with van der Waals surface area (Å²) in [6.07, 6.45) is 1.50. The van der Waals surface area contributed by atoms with Gasteiger partial charge in [-0.2, -0.15) is 13.2 Å². The number of rotatable bonds is 11. The number of halogens is 3. The van der Waals surface area contributed by atoms with E-state index in [0.717, 1.165) is 43.4 Å². The zero-order valence-electron chi connectivity index (χ0n) is 29.5. The summed E-state index contributed by atoms with van der Waals surface area (Å²) in [5, 5.41) is 10.7. The average molecular weight is 732 g/mol. The van der Waals surface area contributed by atoms with Gasteiger partial charge in [-0.25, -0.2) is 9.78 Å². The first kappa shape index (κ1) is 36.9. The third-order valence-electron chi connectivity index (χ3n) is 9.36. The smallest absolute Gasteiger partial charge is 0.419 e. The van der Waals surface area contributed by atoms with Gasteiger partial charge in [-0.1, -0.05) is 12.1 Å². The van der Waals surface area contributed by atoms with Gasteiger partial charge in [0.15, 0.2) is 0 Å². The number of urea groups is 1. The van der Waals surface area contributed by atoms with Crippen LogP contribution in [-0.2, 0) is 17.5 Å². The van der Waals surface area contributed by atoms with Crippen LogP contribution in [0.15, 0.2) is 73.2 Å². The van der Waals surface area contributed by atoms with E-state index in [2.05, 4.69) is 48.1 Å². The van der Waals surface area contributed by atoms with Crippen molar-refractivity contribution in [3.63, 3.8) is 0 Å². The molecular formula is C37H40F3N9O4. The van der Waals surface area contributed by atoms with Crippen molar-refractivity contribution in [1.82, 2.24) is 25.5 Å². The van der Waals surface area contributed by atoms with Gasteiger partial charge < -0.3 is 25.6 Å². The molecule has 278 valence electrons. The Hall–Kier alpha value is -5.90. The molecule has 0 atom stereocenters. The standard InChI is InChI=1S/C37H40F3N9O4/c1-41-35(51)27-6-4-5-7-29(27)44-31-18-33(43-21-28(31)37(38,39)40)45-30-9-8-25(17-32(30)53-3)48-13-10-24(11-14-48)47(2)22-23-16-26(20-42-19-23)49-15-12-34(50)46-36(49)52/h4-9,16-21,24H,10-15,22H2,1-3H3,(H,41,51)(H2,43,44,45)(H,46,50,52). The second-order valence-electron chi connectivity index (χ2n) is 12.8. The second-order valence-corrected chi connectivity index (χ2v) is 12.8. The van der Waals surface area contributed by atoms with Gasteiger partial charge >= 0.3 is 12.2 Å². The minimum atomic E-state index is -4.70. The van der Waals surface area contributed by atoms with Crippen LogP contribution in [0.2, 0.25) is 0 Å². The van der Waals surface area contributed by atoms with E-state index < -0.39 is 23.7 Å². The molecule has 0 saturated carbocycles. The van der Waals surface area contributed by atoms with Gasteiger partial charge in [0.2, 0.25) is 5.91 Å². The number of para-hydroxylation sites is 1. The van der Waals surface area contributed by atoms with Gasteiger partial charge in [0.25, 0.3) is 5.91 Å². The lowest BCUT2D eigenvalue weighted by Crippen LogP contribution is -2.49. The van der Waals surface area contributed by atoms with Crippen molar-refractivity contribution in [2.45, 2.75) is 38.0 Å². The summed E-state index contributed by atoms with van der Waals surface area (Å²) in [5.74, 6) is -0.0975. The molecule has 0 radical (unpaired) electrons. The lowest BCUT2D eigenvalue weighted by atomic mass is 10.0. The average Bonchev–Trinajstić information content (AvgIpc) is 3.14. The molecule has 0 aliphatic carbocycles. The Morgan fingerprint density at radius 2 is 1.74 bits per heavy atom. The van der Waals surface area contributed by atoms with Crippen molar-refractivity contribution in [3.8, 4) is 5.75 Å². The van der Waals surface area contributed by atoms with E-state index in [9.17, 15) is 27.6 Å². The Morgan fingerprint density at radius 1 is 0.962 bits per heavy atom. The van der Waals surface area contributed by atoms with Crippen LogP contribution in [0.4, 0.5) is 52.2 Å². The predicted molar refractivity (Wildman–Crippen MR) is 195 cm³/mol. The van der Waals surface area contributed by atoms with Crippen LogP contribution in [0.1, 0.15) is 40.7 Å². The van der Waals surface area contributed by atoms with E-state index in [1.807, 2.05) is 18.2 Å². The van der Waals surface area contributed by atoms with Gasteiger partial charge in [-0.05, 0) is 55.8 Å². The van der Waals surface area contributed by atoms with E-state index in [-0.39, 0.29) is 35.1 Å². The maximum Gasteiger partial charge on any atom is 0.419 e. The number of imide groups is 1. The van der Waals surface area contributed by atoms with Crippen LogP contribution in [0, 0.1) is 0 Å². The van der Waals surface area contributed by atoms with E-state index >= 15 is 0 Å². The summed E-state index contributed by atoms with van der Waals surface area (Å²) >= 11 is 0. The summed E-state index contributed by atoms with van der Waals surface area (Å²) in [4.78, 5) is 50.7. The third kappa shape index (κ3) is 8.60. The van der Waals surface area contributed by atoms with Crippen LogP contribution in [-0.4, -0.2) is 79.6 Å². The molecule has 4 N–H and O–H groups in total. The Kier molecular flexibility index (Phi) is 11.0. The Balaban J connectivity index is 1.11. The number of methoxy groups -OCH3 is 1. The van der Waals surface area contributed by atoms with E-state index in [1.165, 1.54) is 37.3 Å². The fourth-order valence-electron chi connectivity index (χ4n) is 6.54. The van der Waals surface area contributed by atoms with Crippen LogP contribution in [0.25, 0.3) is 0 Å². The molecule has 0 spiro atoms. The van der Waals surface area contributed by atoms with Gasteiger partial charge in [0.05, 0.1) is 47.2 Å². The second kappa shape index (κ2) is 15.8. The largest absolute Gasteiger partial charge is 0.494 e. The quantitative estimate of drug-likeness (QED) is 0.147. The number of anilines is 6. The van der Waals surface area contributed by atoms with Crippen LogP contribution < -0.4 is 35.8 Å². The predicted octanol–water partition coefficient (Wildman–Crippen LogP) is 5.90. The van der Waals surface area contributed by atoms with Crippen molar-refractivity contribution >= 4 is 52.1 Å². The number of piperidine rings is 1. The molecule has 13 nitrogen and oxygen atoms in total. The number of hydrogen-bond donors (Lipinski definition) is 4. The van der Waals surface area contributed by atoms with Crippen molar-refractivity contribution < 1.29 is 32.3 Å². The van der Waals surface area contributed by atoms with E-state index in [1.54, 1.807) is 30.6 Å². The summed E-state index contributed by atoms with van der Waals surface area (Å²) in [7, 11) is 5.04. The fourth-order valence-corrected chi connectivity index (χ4v) is 6.54. The number of carbonyl (C=O) groups is 3. The van der Waals surface area contributed by atoms with E-state index in [4.69, 9.17) is 4.74 Å². The van der Waals surface area contributed by atoms with Crippen LogP contribution >= 0.6 is 0 Å². The lowest BCUT2D eigenvalue weighted by molar-refractivity contribution is -0.137. The molecule has 2 aromatic heterocycles. The fraction of sp³-hybridized carbons (Fsp3) is 0.324. The van der Waals surface area contributed by atoms with Gasteiger partial charge in [-0.3, -0.25) is 29.7 Å². The third-order valence-corrected chi connectivity index (χ3v) is 9.36. The molecule has 16 heteroatoms. The van der Waals surface area contributed by atoms with Crippen LogP contribution in [0.3, 0.4) is 0 Å². The SMILES string of the molecule is CNC(=O)c1ccccc1Nc1cc(Nc2ccc(N3CCC(N(C)Cc4cncc(N5CCC(=O)NC5=O)c4)CC3)cc2OC)ncc1C(F)(F)F. The molecule has 2 fully saturated rings. The minimum Gasteiger partial charge on any atom is -0.494 e. The highest BCUT2D eigenvalue weighted by molar-refractivity contribution is 6.05. The molecule has 0 unspecified atom stereocenters. The lowest BCUT2D eigenvalue weighted by Gasteiger charge is -2.38. The number of amides is 4. The zero-order valence-corrected chi connectivity index (χ0v) is 29.5. The molecule has 4 aromatic rings. The number of carbonyl (C=O) groups excluding carboxylic acids is 3. The Bertz CT molecular complexity index is 1990. The number of alkyl halides is 3. The monoisotopic (exact) mass is 731 g/mol. The first-order valence-corrected chi connectivity index (χ1v) is 17.0. The first-order valence-electron chi connectivity index (χ1n) is 17.0. The normalized spacial score (nSPS) is 15.3. The summed E-state index contributed by atoms with van der Waals surface area (Å²) in [5.41, 5.74) is 2.21. The van der Waals surface area contributed by atoms with Crippen molar-refractivity contribution in [1.29, 1.82) is 0 Å². The van der Waals surface area contributed by atoms with Gasteiger partial charge in [0, 0.05) is 75.9 Å². The number of nitrogens with zero attached hydrogens (tertiary/aromatic N) is 5. The molecule has 4 amide bonds. The molecule has 2 aliphatic rings. The highest BCUT2D eigenvalue weighted by atomic mass is 19.4.